The van der Waals surface area contributed by atoms with Crippen molar-refractivity contribution in [1.29, 1.82) is 0 Å². The van der Waals surface area contributed by atoms with Crippen LogP contribution in [0.2, 0.25) is 0 Å². The number of carbonyl (C=O) groups excluding carboxylic acids is 2. The predicted octanol–water partition coefficient (Wildman–Crippen LogP) is 0.405. The van der Waals surface area contributed by atoms with E-state index in [9.17, 15) is 14.4 Å². The first-order valence-electron chi connectivity index (χ1n) is 6.37. The summed E-state index contributed by atoms with van der Waals surface area (Å²) in [7, 11) is 1.53. The van der Waals surface area contributed by atoms with Crippen molar-refractivity contribution in [2.24, 2.45) is 0 Å². The molecule has 0 fully saturated rings. The molecular formula is C14H18N2O5. The highest BCUT2D eigenvalue weighted by Gasteiger charge is 2.06. The van der Waals surface area contributed by atoms with E-state index in [2.05, 4.69) is 10.6 Å². The molecule has 0 atom stereocenters. The van der Waals surface area contributed by atoms with Crippen LogP contribution in [0.15, 0.2) is 24.3 Å². The van der Waals surface area contributed by atoms with Crippen LogP contribution >= 0.6 is 0 Å². The number of hydrogen-bond donors (Lipinski definition) is 3. The van der Waals surface area contributed by atoms with Crippen molar-refractivity contribution in [3.8, 4) is 0 Å². The molecule has 0 saturated heterocycles. The molecule has 114 valence electrons. The summed E-state index contributed by atoms with van der Waals surface area (Å²) in [4.78, 5) is 33.2. The molecule has 7 heteroatoms. The van der Waals surface area contributed by atoms with Crippen LogP contribution in [0.5, 0.6) is 0 Å². The van der Waals surface area contributed by atoms with Crippen LogP contribution < -0.4 is 10.6 Å². The number of carboxylic acids is 1. The fraction of sp³-hybridized carbons (Fsp3) is 0.357. The molecule has 0 aromatic heterocycles. The Bertz CT molecular complexity index is 499. The lowest BCUT2D eigenvalue weighted by atomic mass is 10.1. The van der Waals surface area contributed by atoms with Crippen molar-refractivity contribution in [1.82, 2.24) is 5.32 Å². The second kappa shape index (κ2) is 8.70. The zero-order chi connectivity index (χ0) is 15.7. The van der Waals surface area contributed by atoms with Gasteiger partial charge in [-0.3, -0.25) is 14.4 Å². The second-order valence-corrected chi connectivity index (χ2v) is 4.34. The van der Waals surface area contributed by atoms with Gasteiger partial charge in [0.1, 0.15) is 6.54 Å². The topological polar surface area (TPSA) is 105 Å². The monoisotopic (exact) mass is 294 g/mol. The molecule has 0 unspecified atom stereocenters. The summed E-state index contributed by atoms with van der Waals surface area (Å²) in [6.07, 6.45) is 0.362. The minimum Gasteiger partial charge on any atom is -0.480 e. The van der Waals surface area contributed by atoms with Crippen molar-refractivity contribution in [3.63, 3.8) is 0 Å². The van der Waals surface area contributed by atoms with Gasteiger partial charge in [0.2, 0.25) is 11.8 Å². The van der Waals surface area contributed by atoms with E-state index in [4.69, 9.17) is 9.84 Å². The third kappa shape index (κ3) is 7.07. The molecule has 7 nitrogen and oxygen atoms in total. The van der Waals surface area contributed by atoms with Crippen LogP contribution in [-0.4, -0.2) is 43.2 Å². The molecule has 2 amide bonds. The zero-order valence-corrected chi connectivity index (χ0v) is 11.7. The van der Waals surface area contributed by atoms with E-state index in [-0.39, 0.29) is 24.7 Å². The third-order valence-electron chi connectivity index (χ3n) is 2.57. The van der Waals surface area contributed by atoms with Crippen LogP contribution in [0.4, 0.5) is 5.69 Å². The molecular weight excluding hydrogens is 276 g/mol. The highest BCUT2D eigenvalue weighted by Crippen LogP contribution is 2.10. The van der Waals surface area contributed by atoms with Gasteiger partial charge in [0, 0.05) is 12.8 Å². The van der Waals surface area contributed by atoms with E-state index in [1.54, 1.807) is 24.3 Å². The first-order chi connectivity index (χ1) is 10.0. The van der Waals surface area contributed by atoms with E-state index >= 15 is 0 Å². The minimum atomic E-state index is -1.09. The Balaban J connectivity index is 2.44. The number of hydrogen-bond acceptors (Lipinski definition) is 4. The third-order valence-corrected chi connectivity index (χ3v) is 2.57. The molecule has 0 spiro atoms. The van der Waals surface area contributed by atoms with E-state index in [1.165, 1.54) is 7.11 Å². The number of benzene rings is 1. The standard InChI is InChI=1S/C14H18N2O5/c1-21-7-6-12(17)16-11-4-2-10(3-5-11)8-13(18)15-9-14(19)20/h2-5H,6-9H2,1H3,(H,15,18)(H,16,17)(H,19,20). The van der Waals surface area contributed by atoms with Crippen LogP contribution in [0, 0.1) is 0 Å². The number of ether oxygens (including phenoxy) is 1. The number of methoxy groups -OCH3 is 1. The summed E-state index contributed by atoms with van der Waals surface area (Å²) in [6.45, 7) is -0.0415. The highest BCUT2D eigenvalue weighted by molar-refractivity contribution is 5.90. The van der Waals surface area contributed by atoms with Gasteiger partial charge < -0.3 is 20.5 Å². The Hall–Kier alpha value is -2.41. The molecule has 0 saturated carbocycles. The lowest BCUT2D eigenvalue weighted by Crippen LogP contribution is -2.30. The quantitative estimate of drug-likeness (QED) is 0.644. The Morgan fingerprint density at radius 3 is 2.38 bits per heavy atom. The molecule has 1 aromatic rings. The normalized spacial score (nSPS) is 9.95. The molecule has 0 bridgehead atoms. The fourth-order valence-corrected chi connectivity index (χ4v) is 1.55. The summed E-state index contributed by atoms with van der Waals surface area (Å²) < 4.78 is 4.81. The smallest absolute Gasteiger partial charge is 0.322 e. The van der Waals surface area contributed by atoms with E-state index in [1.807, 2.05) is 0 Å². The van der Waals surface area contributed by atoms with Gasteiger partial charge in [-0.05, 0) is 17.7 Å². The Labute approximate surface area is 122 Å². The number of rotatable bonds is 8. The van der Waals surface area contributed by atoms with Crippen molar-refractivity contribution >= 4 is 23.5 Å². The predicted molar refractivity (Wildman–Crippen MR) is 75.9 cm³/mol. The largest absolute Gasteiger partial charge is 0.480 e. The van der Waals surface area contributed by atoms with Crippen molar-refractivity contribution < 1.29 is 24.2 Å². The van der Waals surface area contributed by atoms with Gasteiger partial charge in [0.15, 0.2) is 0 Å². The summed E-state index contributed by atoms with van der Waals surface area (Å²) in [5.74, 6) is -1.60. The number of carbonyl (C=O) groups is 3. The van der Waals surface area contributed by atoms with Crippen molar-refractivity contribution in [2.45, 2.75) is 12.8 Å². The maximum atomic E-state index is 11.5. The molecule has 3 N–H and O–H groups in total. The average Bonchev–Trinajstić information content (AvgIpc) is 2.45. The Kier molecular flexibility index (Phi) is 6.90. The van der Waals surface area contributed by atoms with Gasteiger partial charge in [0.25, 0.3) is 0 Å². The van der Waals surface area contributed by atoms with Gasteiger partial charge in [-0.25, -0.2) is 0 Å². The molecule has 0 aliphatic heterocycles. The van der Waals surface area contributed by atoms with Crippen molar-refractivity contribution in [2.75, 3.05) is 25.6 Å². The Morgan fingerprint density at radius 1 is 1.14 bits per heavy atom. The van der Waals surface area contributed by atoms with Gasteiger partial charge in [0.05, 0.1) is 19.4 Å². The maximum absolute atomic E-state index is 11.5. The van der Waals surface area contributed by atoms with E-state index in [0.717, 1.165) is 5.56 Å². The zero-order valence-electron chi connectivity index (χ0n) is 11.7. The minimum absolute atomic E-state index is 0.0885. The second-order valence-electron chi connectivity index (χ2n) is 4.34. The molecule has 1 aromatic carbocycles. The number of carboxylic acid groups (broad SMARTS) is 1. The average molecular weight is 294 g/mol. The number of aliphatic carboxylic acids is 1. The van der Waals surface area contributed by atoms with Gasteiger partial charge in [-0.2, -0.15) is 0 Å². The van der Waals surface area contributed by atoms with Gasteiger partial charge >= 0.3 is 5.97 Å². The highest BCUT2D eigenvalue weighted by atomic mass is 16.5. The number of anilines is 1. The lowest BCUT2D eigenvalue weighted by molar-refractivity contribution is -0.137. The molecule has 0 radical (unpaired) electrons. The van der Waals surface area contributed by atoms with Crippen LogP contribution in [0.3, 0.4) is 0 Å². The number of nitrogens with one attached hydrogen (secondary N) is 2. The van der Waals surface area contributed by atoms with Crippen molar-refractivity contribution in [3.05, 3.63) is 29.8 Å². The molecule has 0 heterocycles. The first kappa shape index (κ1) is 16.6. The summed E-state index contributed by atoms with van der Waals surface area (Å²) in [5, 5.41) is 13.4. The van der Waals surface area contributed by atoms with E-state index < -0.39 is 12.5 Å². The molecule has 0 aliphatic rings. The SMILES string of the molecule is COCCC(=O)Nc1ccc(CC(=O)NCC(=O)O)cc1. The first-order valence-corrected chi connectivity index (χ1v) is 6.37. The van der Waals surface area contributed by atoms with Crippen LogP contribution in [-0.2, 0) is 25.5 Å². The maximum Gasteiger partial charge on any atom is 0.322 e. The summed E-state index contributed by atoms with van der Waals surface area (Å²) in [6, 6.07) is 6.77. The van der Waals surface area contributed by atoms with Gasteiger partial charge in [-0.1, -0.05) is 12.1 Å². The molecule has 0 aliphatic carbocycles. The van der Waals surface area contributed by atoms with Crippen LogP contribution in [0.25, 0.3) is 0 Å². The van der Waals surface area contributed by atoms with Crippen LogP contribution in [0.1, 0.15) is 12.0 Å². The molecule has 21 heavy (non-hydrogen) atoms. The number of amides is 2. The van der Waals surface area contributed by atoms with E-state index in [0.29, 0.717) is 12.3 Å². The lowest BCUT2D eigenvalue weighted by Gasteiger charge is -2.06. The summed E-state index contributed by atoms with van der Waals surface area (Å²) >= 11 is 0. The summed E-state index contributed by atoms with van der Waals surface area (Å²) in [5.41, 5.74) is 1.36. The van der Waals surface area contributed by atoms with Gasteiger partial charge in [-0.15, -0.1) is 0 Å². The fourth-order valence-electron chi connectivity index (χ4n) is 1.55. The Morgan fingerprint density at radius 2 is 1.81 bits per heavy atom. The molecule has 1 rings (SSSR count).